The molecule has 0 saturated heterocycles. The Labute approximate surface area is 215 Å². The fourth-order valence-corrected chi connectivity index (χ4v) is 3.79. The predicted molar refractivity (Wildman–Crippen MR) is 134 cm³/mol. The van der Waals surface area contributed by atoms with Crippen LogP contribution in [-0.2, 0) is 20.1 Å². The molecule has 0 aliphatic heterocycles. The van der Waals surface area contributed by atoms with Crippen LogP contribution < -0.4 is 0 Å². The molecule has 4 nitrogen and oxygen atoms in total. The molecule has 4 heterocycles. The molecule has 169 valence electrons. The molecule has 0 saturated carbocycles. The molecule has 1 aromatic carbocycles. The third-order valence-corrected chi connectivity index (χ3v) is 5.61. The molecule has 0 atom stereocenters. The molecule has 5 rings (SSSR count). The molecule has 0 unspecified atom stereocenters. The molecule has 0 aliphatic carbocycles. The number of hydrogen-bond acceptors (Lipinski definition) is 6. The van der Waals surface area contributed by atoms with E-state index in [4.69, 9.17) is 5.11 Å². The van der Waals surface area contributed by atoms with Crippen LogP contribution in [0.2, 0.25) is 0 Å². The Hall–Kier alpha value is -2.96. The monoisotopic (exact) mass is 648 g/mol. The average Bonchev–Trinajstić information content (AvgIpc) is 3.58. The quantitative estimate of drug-likeness (QED) is 0.176. The number of aromatic nitrogens is 2. The predicted octanol–water partition coefficient (Wildman–Crippen LogP) is 6.66. The van der Waals surface area contributed by atoms with E-state index in [1.54, 1.807) is 60.5 Å². The van der Waals surface area contributed by atoms with Gasteiger partial charge in [-0.1, -0.05) is 46.2 Å². The summed E-state index contributed by atoms with van der Waals surface area (Å²) in [4.78, 5) is 14.4. The normalized spacial score (nSPS) is 9.73. The van der Waals surface area contributed by atoms with Gasteiger partial charge in [-0.2, -0.15) is 24.3 Å². The fraction of sp³-hybridized carbons (Fsp3) is 0.0385. The van der Waals surface area contributed by atoms with E-state index in [0.29, 0.717) is 0 Å². The number of benzene rings is 1. The number of aliphatic imine (C=N–C) groups is 1. The van der Waals surface area contributed by atoms with Crippen LogP contribution in [0.15, 0.2) is 101 Å². The van der Waals surface area contributed by atoms with E-state index >= 15 is 0 Å². The van der Waals surface area contributed by atoms with Gasteiger partial charge in [0.05, 0.1) is 0 Å². The molecular weight excluding hydrogens is 627 g/mol. The molecular formula is C26H21IrN3OS2-2. The van der Waals surface area contributed by atoms with Gasteiger partial charge in [0.2, 0.25) is 0 Å². The Kier molecular flexibility index (Phi) is 11.9. The Bertz CT molecular complexity index is 1110. The summed E-state index contributed by atoms with van der Waals surface area (Å²) in [6, 6.07) is 28.9. The molecule has 0 fully saturated rings. The number of rotatable bonds is 3. The Balaban J connectivity index is 0.000000173. The first-order valence-corrected chi connectivity index (χ1v) is 11.5. The number of para-hydroxylation sites is 1. The van der Waals surface area contributed by atoms with Gasteiger partial charge in [0, 0.05) is 51.3 Å². The van der Waals surface area contributed by atoms with Crippen molar-refractivity contribution in [3.8, 4) is 26.9 Å². The second-order valence-electron chi connectivity index (χ2n) is 6.16. The standard InChI is InChI=1S/2C9H6NS.C8H9NO.Ir/c2*1-2-6-10-8(4-1)9-5-3-7-11-9;1-9-6-7-4-2-3-5-8(7)10;/h2*1-4,6-7H;2-6,10H,1H3;/q2*-1;;. The van der Waals surface area contributed by atoms with Crippen LogP contribution in [0.4, 0.5) is 0 Å². The summed E-state index contributed by atoms with van der Waals surface area (Å²) in [5, 5.41) is 13.2. The summed E-state index contributed by atoms with van der Waals surface area (Å²) in [6.07, 6.45) is 5.21. The molecule has 5 aromatic rings. The van der Waals surface area contributed by atoms with Crippen molar-refractivity contribution in [3.63, 3.8) is 0 Å². The smallest absolute Gasteiger partial charge is 0.124 e. The topological polar surface area (TPSA) is 58.4 Å². The average molecular weight is 648 g/mol. The van der Waals surface area contributed by atoms with Gasteiger partial charge in [-0.25, -0.2) is 22.7 Å². The number of hydrogen-bond donors (Lipinski definition) is 1. The van der Waals surface area contributed by atoms with Crippen molar-refractivity contribution in [1.82, 2.24) is 9.97 Å². The van der Waals surface area contributed by atoms with Crippen molar-refractivity contribution >= 4 is 28.9 Å². The van der Waals surface area contributed by atoms with Gasteiger partial charge in [-0.05, 0) is 35.7 Å². The van der Waals surface area contributed by atoms with Gasteiger partial charge >= 0.3 is 0 Å². The Morgan fingerprint density at radius 3 is 1.70 bits per heavy atom. The van der Waals surface area contributed by atoms with E-state index in [-0.39, 0.29) is 25.9 Å². The summed E-state index contributed by atoms with van der Waals surface area (Å²) in [7, 11) is 1.67. The van der Waals surface area contributed by atoms with Crippen LogP contribution in [0.25, 0.3) is 21.1 Å². The van der Waals surface area contributed by atoms with Gasteiger partial charge < -0.3 is 15.1 Å². The molecule has 33 heavy (non-hydrogen) atoms. The van der Waals surface area contributed by atoms with E-state index < -0.39 is 0 Å². The third kappa shape index (κ3) is 8.83. The summed E-state index contributed by atoms with van der Waals surface area (Å²) >= 11 is 3.32. The first-order chi connectivity index (χ1) is 15.8. The summed E-state index contributed by atoms with van der Waals surface area (Å²) < 4.78 is 0. The SMILES string of the molecule is CN=Cc1ccccc1O.[Ir].[c-]1ccsc1-c1ccccn1.[c-]1ccsc1-c1ccccn1. The largest absolute Gasteiger partial charge is 0.507 e. The van der Waals surface area contributed by atoms with Gasteiger partial charge in [-0.3, -0.25) is 4.99 Å². The first-order valence-electron chi connectivity index (χ1n) is 9.71. The minimum Gasteiger partial charge on any atom is -0.507 e. The van der Waals surface area contributed by atoms with Gasteiger partial charge in [0.1, 0.15) is 5.75 Å². The number of pyridine rings is 2. The second-order valence-corrected chi connectivity index (χ2v) is 8.00. The van der Waals surface area contributed by atoms with Gasteiger partial charge in [0.15, 0.2) is 0 Å². The van der Waals surface area contributed by atoms with E-state index in [1.807, 2.05) is 71.4 Å². The number of nitrogens with zero attached hydrogens (tertiary/aromatic N) is 3. The van der Waals surface area contributed by atoms with Crippen LogP contribution >= 0.6 is 22.7 Å². The van der Waals surface area contributed by atoms with Crippen LogP contribution in [0.1, 0.15) is 5.56 Å². The maximum atomic E-state index is 9.15. The summed E-state index contributed by atoms with van der Waals surface area (Å²) in [6.45, 7) is 0. The minimum atomic E-state index is 0. The van der Waals surface area contributed by atoms with Crippen molar-refractivity contribution < 1.29 is 25.2 Å². The maximum absolute atomic E-state index is 9.15. The number of phenolic OH excluding ortho intramolecular Hbond substituents is 1. The zero-order chi connectivity index (χ0) is 22.4. The van der Waals surface area contributed by atoms with Crippen LogP contribution in [0.5, 0.6) is 5.75 Å². The number of thiophene rings is 2. The Morgan fingerprint density at radius 1 is 0.788 bits per heavy atom. The van der Waals surface area contributed by atoms with Crippen LogP contribution in [0.3, 0.4) is 0 Å². The molecule has 0 bridgehead atoms. The molecule has 0 spiro atoms. The Morgan fingerprint density at radius 2 is 1.30 bits per heavy atom. The van der Waals surface area contributed by atoms with Gasteiger partial charge in [0.25, 0.3) is 0 Å². The van der Waals surface area contributed by atoms with Crippen molar-refractivity contribution in [2.24, 2.45) is 4.99 Å². The van der Waals surface area contributed by atoms with E-state index in [1.165, 1.54) is 0 Å². The summed E-state index contributed by atoms with van der Waals surface area (Å²) in [5.41, 5.74) is 2.76. The number of phenols is 1. The zero-order valence-corrected chi connectivity index (χ0v) is 21.8. The second kappa shape index (κ2) is 15.0. The first kappa shape index (κ1) is 26.3. The molecule has 4 aromatic heterocycles. The molecule has 0 aliphatic rings. The van der Waals surface area contributed by atoms with E-state index in [9.17, 15) is 0 Å². The molecule has 7 heteroatoms. The molecule has 1 N–H and O–H groups in total. The minimum absolute atomic E-state index is 0. The van der Waals surface area contributed by atoms with E-state index in [0.717, 1.165) is 26.7 Å². The number of aromatic hydroxyl groups is 1. The van der Waals surface area contributed by atoms with Crippen molar-refractivity contribution in [1.29, 1.82) is 0 Å². The van der Waals surface area contributed by atoms with Gasteiger partial charge in [-0.15, -0.1) is 10.8 Å². The zero-order valence-electron chi connectivity index (χ0n) is 17.8. The van der Waals surface area contributed by atoms with E-state index in [2.05, 4.69) is 27.1 Å². The van der Waals surface area contributed by atoms with Crippen LogP contribution in [0, 0.1) is 12.1 Å². The summed E-state index contributed by atoms with van der Waals surface area (Å²) in [5.74, 6) is 0.271. The molecule has 1 radical (unpaired) electrons. The van der Waals surface area contributed by atoms with Crippen LogP contribution in [-0.4, -0.2) is 28.3 Å². The van der Waals surface area contributed by atoms with Crippen molar-refractivity contribution in [2.45, 2.75) is 0 Å². The maximum Gasteiger partial charge on any atom is 0.124 e. The third-order valence-electron chi connectivity index (χ3n) is 3.94. The molecule has 0 amide bonds. The fourth-order valence-electron chi connectivity index (χ4n) is 2.49. The van der Waals surface area contributed by atoms with Crippen molar-refractivity contribution in [3.05, 3.63) is 114 Å². The van der Waals surface area contributed by atoms with Crippen molar-refractivity contribution in [2.75, 3.05) is 7.05 Å².